The molecule has 0 bridgehead atoms. The van der Waals surface area contributed by atoms with E-state index in [2.05, 4.69) is 22.5 Å². The lowest BCUT2D eigenvalue weighted by molar-refractivity contribution is 0.0906. The molecule has 0 aliphatic carbocycles. The second kappa shape index (κ2) is 7.66. The third kappa shape index (κ3) is 4.33. The van der Waals surface area contributed by atoms with Gasteiger partial charge in [-0.15, -0.1) is 0 Å². The second-order valence-electron chi connectivity index (χ2n) is 4.18. The Morgan fingerprint density at radius 2 is 2.33 bits per heavy atom. The lowest BCUT2D eigenvalue weighted by Gasteiger charge is -2.15. The van der Waals surface area contributed by atoms with Gasteiger partial charge in [-0.3, -0.25) is 9.78 Å². The smallest absolute Gasteiger partial charge is 0.255 e. The lowest BCUT2D eigenvalue weighted by atomic mass is 10.2. The van der Waals surface area contributed by atoms with Crippen LogP contribution in [0.5, 0.6) is 0 Å². The average molecular weight is 251 g/mol. The number of nitrogens with one attached hydrogen (secondary N) is 2. The number of hydrogen-bond donors (Lipinski definition) is 2. The number of anilines is 1. The zero-order valence-electron chi connectivity index (χ0n) is 11.2. The maximum absolute atomic E-state index is 12.1. The van der Waals surface area contributed by atoms with Gasteiger partial charge in [-0.05, 0) is 19.4 Å². The predicted molar refractivity (Wildman–Crippen MR) is 71.8 cm³/mol. The van der Waals surface area contributed by atoms with Crippen LogP contribution in [-0.2, 0) is 4.74 Å². The normalized spacial score (nSPS) is 11.9. The van der Waals surface area contributed by atoms with Crippen molar-refractivity contribution in [3.8, 4) is 0 Å². The maximum Gasteiger partial charge on any atom is 0.255 e. The number of amides is 1. The van der Waals surface area contributed by atoms with E-state index in [1.54, 1.807) is 19.5 Å². The highest BCUT2D eigenvalue weighted by molar-refractivity contribution is 5.99. The van der Waals surface area contributed by atoms with Crippen molar-refractivity contribution in [2.24, 2.45) is 0 Å². The van der Waals surface area contributed by atoms with Crippen molar-refractivity contribution >= 4 is 11.6 Å². The molecule has 5 nitrogen and oxygen atoms in total. The van der Waals surface area contributed by atoms with E-state index in [0.717, 1.165) is 18.7 Å². The van der Waals surface area contributed by atoms with Crippen molar-refractivity contribution in [3.63, 3.8) is 0 Å². The molecule has 0 saturated heterocycles. The van der Waals surface area contributed by atoms with E-state index in [1.807, 2.05) is 13.0 Å². The van der Waals surface area contributed by atoms with Gasteiger partial charge in [0, 0.05) is 32.1 Å². The minimum atomic E-state index is -0.133. The minimum absolute atomic E-state index is 0.0262. The fourth-order valence-corrected chi connectivity index (χ4v) is 1.58. The summed E-state index contributed by atoms with van der Waals surface area (Å²) in [5.74, 6) is -0.133. The number of methoxy groups -OCH3 is 1. The molecule has 18 heavy (non-hydrogen) atoms. The summed E-state index contributed by atoms with van der Waals surface area (Å²) in [7, 11) is 1.61. The summed E-state index contributed by atoms with van der Waals surface area (Å²) in [4.78, 5) is 16.1. The number of hydrogen-bond acceptors (Lipinski definition) is 4. The molecule has 100 valence electrons. The van der Waals surface area contributed by atoms with E-state index < -0.39 is 0 Å². The number of ether oxygens (including phenoxy) is 1. The average Bonchev–Trinajstić information content (AvgIpc) is 2.36. The summed E-state index contributed by atoms with van der Waals surface area (Å²) in [6.45, 7) is 5.30. The van der Waals surface area contributed by atoms with Crippen molar-refractivity contribution < 1.29 is 9.53 Å². The van der Waals surface area contributed by atoms with Gasteiger partial charge in [0.15, 0.2) is 0 Å². The largest absolute Gasteiger partial charge is 0.384 e. The fourth-order valence-electron chi connectivity index (χ4n) is 1.58. The van der Waals surface area contributed by atoms with E-state index in [9.17, 15) is 4.79 Å². The van der Waals surface area contributed by atoms with Gasteiger partial charge in [0.25, 0.3) is 5.91 Å². The Balaban J connectivity index is 2.71. The van der Waals surface area contributed by atoms with Crippen LogP contribution in [0.4, 0.5) is 5.69 Å². The number of nitrogens with zero attached hydrogens (tertiary/aromatic N) is 1. The number of carbonyl (C=O) groups is 1. The first-order valence-electron chi connectivity index (χ1n) is 6.16. The molecule has 0 spiro atoms. The van der Waals surface area contributed by atoms with E-state index in [1.165, 1.54) is 0 Å². The number of aromatic nitrogens is 1. The monoisotopic (exact) mass is 251 g/mol. The van der Waals surface area contributed by atoms with Gasteiger partial charge in [0.05, 0.1) is 17.9 Å². The molecule has 1 aromatic heterocycles. The third-order valence-corrected chi connectivity index (χ3v) is 2.43. The Kier molecular flexibility index (Phi) is 6.14. The van der Waals surface area contributed by atoms with Crippen molar-refractivity contribution in [2.45, 2.75) is 26.3 Å². The summed E-state index contributed by atoms with van der Waals surface area (Å²) in [5.41, 5.74) is 1.38. The van der Waals surface area contributed by atoms with Gasteiger partial charge in [-0.25, -0.2) is 0 Å². The van der Waals surface area contributed by atoms with Crippen LogP contribution in [0.15, 0.2) is 18.5 Å². The Labute approximate surface area is 108 Å². The molecule has 1 rings (SSSR count). The van der Waals surface area contributed by atoms with Crippen LogP contribution >= 0.6 is 0 Å². The molecule has 1 heterocycles. The Hall–Kier alpha value is -1.62. The molecule has 5 heteroatoms. The van der Waals surface area contributed by atoms with Gasteiger partial charge in [-0.1, -0.05) is 6.92 Å². The van der Waals surface area contributed by atoms with Crippen molar-refractivity contribution in [2.75, 3.05) is 25.6 Å². The van der Waals surface area contributed by atoms with Gasteiger partial charge in [0.1, 0.15) is 0 Å². The van der Waals surface area contributed by atoms with E-state index in [0.29, 0.717) is 12.2 Å². The summed E-state index contributed by atoms with van der Waals surface area (Å²) >= 11 is 0. The molecule has 0 radical (unpaired) electrons. The third-order valence-electron chi connectivity index (χ3n) is 2.43. The van der Waals surface area contributed by atoms with Gasteiger partial charge >= 0.3 is 0 Å². The highest BCUT2D eigenvalue weighted by atomic mass is 16.5. The molecule has 2 N–H and O–H groups in total. The summed E-state index contributed by atoms with van der Waals surface area (Å²) in [6, 6.07) is 1.78. The number of rotatable bonds is 7. The van der Waals surface area contributed by atoms with E-state index in [-0.39, 0.29) is 11.9 Å². The Morgan fingerprint density at radius 1 is 1.56 bits per heavy atom. The summed E-state index contributed by atoms with van der Waals surface area (Å²) < 4.78 is 4.99. The molecule has 1 aromatic rings. The quantitative estimate of drug-likeness (QED) is 0.773. The van der Waals surface area contributed by atoms with E-state index >= 15 is 0 Å². The lowest BCUT2D eigenvalue weighted by Crippen LogP contribution is -2.36. The van der Waals surface area contributed by atoms with Gasteiger partial charge in [-0.2, -0.15) is 0 Å². The molecule has 1 atom stereocenters. The number of pyridine rings is 1. The molecule has 0 aliphatic heterocycles. The Morgan fingerprint density at radius 3 is 3.00 bits per heavy atom. The van der Waals surface area contributed by atoms with Crippen LogP contribution in [0.2, 0.25) is 0 Å². The molecule has 1 unspecified atom stereocenters. The van der Waals surface area contributed by atoms with Crippen LogP contribution in [0, 0.1) is 0 Å². The molecule has 0 aromatic carbocycles. The molecular weight excluding hydrogens is 230 g/mol. The molecule has 0 fully saturated rings. The molecule has 0 aliphatic rings. The minimum Gasteiger partial charge on any atom is -0.384 e. The fraction of sp³-hybridized carbons (Fsp3) is 0.538. The first-order chi connectivity index (χ1) is 8.69. The summed E-state index contributed by atoms with van der Waals surface area (Å²) in [5, 5.41) is 6.09. The van der Waals surface area contributed by atoms with Crippen molar-refractivity contribution in [1.82, 2.24) is 10.3 Å². The predicted octanol–water partition coefficient (Wildman–Crippen LogP) is 1.67. The van der Waals surface area contributed by atoms with Gasteiger partial charge in [0.2, 0.25) is 0 Å². The van der Waals surface area contributed by atoms with Crippen LogP contribution < -0.4 is 10.6 Å². The first-order valence-corrected chi connectivity index (χ1v) is 6.16. The molecular formula is C13H21N3O2. The number of carbonyl (C=O) groups excluding carboxylic acids is 1. The van der Waals surface area contributed by atoms with Crippen LogP contribution in [0.3, 0.4) is 0 Å². The van der Waals surface area contributed by atoms with E-state index in [4.69, 9.17) is 4.74 Å². The zero-order valence-corrected chi connectivity index (χ0v) is 11.2. The zero-order chi connectivity index (χ0) is 13.4. The SMILES string of the molecule is CCCNc1ccncc1C(=O)NC(C)COC. The topological polar surface area (TPSA) is 63.2 Å². The van der Waals surface area contributed by atoms with Crippen LogP contribution in [0.25, 0.3) is 0 Å². The molecule has 0 saturated carbocycles. The van der Waals surface area contributed by atoms with Crippen molar-refractivity contribution in [1.29, 1.82) is 0 Å². The standard InChI is InChI=1S/C13H21N3O2/c1-4-6-15-12-5-7-14-8-11(12)13(17)16-10(2)9-18-3/h5,7-8,10H,4,6,9H2,1-3H3,(H,14,15)(H,16,17). The molecule has 1 amide bonds. The van der Waals surface area contributed by atoms with Crippen molar-refractivity contribution in [3.05, 3.63) is 24.0 Å². The van der Waals surface area contributed by atoms with Gasteiger partial charge < -0.3 is 15.4 Å². The first kappa shape index (κ1) is 14.4. The van der Waals surface area contributed by atoms with Crippen LogP contribution in [-0.4, -0.2) is 37.2 Å². The second-order valence-corrected chi connectivity index (χ2v) is 4.18. The highest BCUT2D eigenvalue weighted by Crippen LogP contribution is 2.13. The summed E-state index contributed by atoms with van der Waals surface area (Å²) in [6.07, 6.45) is 4.25. The Bertz CT molecular complexity index is 382. The maximum atomic E-state index is 12.1. The highest BCUT2D eigenvalue weighted by Gasteiger charge is 2.13. The van der Waals surface area contributed by atoms with Crippen LogP contribution in [0.1, 0.15) is 30.6 Å².